The molecule has 0 aromatic heterocycles. The Morgan fingerprint density at radius 1 is 1.62 bits per heavy atom. The number of amides is 1. The number of hydrogen-bond donors (Lipinski definition) is 3. The van der Waals surface area contributed by atoms with Crippen LogP contribution in [0.15, 0.2) is 18.2 Å². The van der Waals surface area contributed by atoms with Crippen LogP contribution in [0.1, 0.15) is 18.6 Å². The third-order valence-corrected chi connectivity index (χ3v) is 2.54. The van der Waals surface area contributed by atoms with Gasteiger partial charge in [-0.1, -0.05) is 6.07 Å². The molecule has 0 saturated heterocycles. The van der Waals surface area contributed by atoms with Crippen molar-refractivity contribution in [2.24, 2.45) is 5.73 Å². The zero-order valence-corrected chi connectivity index (χ0v) is 8.93. The first-order chi connectivity index (χ1) is 7.61. The monoisotopic (exact) mass is 222 g/mol. The number of hydrogen-bond acceptors (Lipinski definition) is 4. The fourth-order valence-electron chi connectivity index (χ4n) is 1.56. The predicted molar refractivity (Wildman–Crippen MR) is 59.2 cm³/mol. The minimum Gasteiger partial charge on any atom is -0.479 e. The van der Waals surface area contributed by atoms with Crippen molar-refractivity contribution < 1.29 is 14.6 Å². The number of aliphatic hydroxyl groups is 1. The first-order valence-corrected chi connectivity index (χ1v) is 5.11. The number of nitrogens with two attached hydrogens (primary N) is 1. The van der Waals surface area contributed by atoms with Gasteiger partial charge in [0.2, 0.25) is 0 Å². The van der Waals surface area contributed by atoms with Gasteiger partial charge in [0, 0.05) is 6.54 Å². The van der Waals surface area contributed by atoms with Gasteiger partial charge in [-0.25, -0.2) is 0 Å². The average Bonchev–Trinajstić information content (AvgIpc) is 2.29. The number of rotatable bonds is 2. The Hall–Kier alpha value is -1.59. The fraction of sp³-hybridized carbons (Fsp3) is 0.364. The summed E-state index contributed by atoms with van der Waals surface area (Å²) in [7, 11) is 0. The Bertz CT molecular complexity index is 420. The molecule has 0 aliphatic carbocycles. The van der Waals surface area contributed by atoms with E-state index in [1.807, 2.05) is 0 Å². The number of benzene rings is 1. The van der Waals surface area contributed by atoms with Crippen LogP contribution in [0.2, 0.25) is 0 Å². The van der Waals surface area contributed by atoms with Gasteiger partial charge in [0.1, 0.15) is 5.75 Å². The molecule has 2 atom stereocenters. The number of ether oxygens (including phenoxy) is 1. The summed E-state index contributed by atoms with van der Waals surface area (Å²) in [5.74, 6) is 0.400. The molecule has 2 unspecified atom stereocenters. The van der Waals surface area contributed by atoms with Crippen molar-refractivity contribution in [2.75, 3.05) is 11.9 Å². The lowest BCUT2D eigenvalue weighted by Crippen LogP contribution is -2.34. The van der Waals surface area contributed by atoms with Crippen molar-refractivity contribution in [3.63, 3.8) is 0 Å². The van der Waals surface area contributed by atoms with Crippen LogP contribution in [0.4, 0.5) is 5.69 Å². The quantitative estimate of drug-likeness (QED) is 0.676. The second-order valence-electron chi connectivity index (χ2n) is 3.76. The summed E-state index contributed by atoms with van der Waals surface area (Å²) in [6, 6.07) is 5.12. The van der Waals surface area contributed by atoms with Crippen LogP contribution < -0.4 is 15.8 Å². The molecule has 0 radical (unpaired) electrons. The Balaban J connectivity index is 2.32. The van der Waals surface area contributed by atoms with Crippen molar-refractivity contribution in [2.45, 2.75) is 19.1 Å². The maximum absolute atomic E-state index is 11.3. The first kappa shape index (κ1) is 10.9. The van der Waals surface area contributed by atoms with Gasteiger partial charge >= 0.3 is 0 Å². The van der Waals surface area contributed by atoms with E-state index in [1.54, 1.807) is 25.1 Å². The summed E-state index contributed by atoms with van der Waals surface area (Å²) in [6.07, 6.45) is -1.22. The van der Waals surface area contributed by atoms with Crippen LogP contribution in [0.25, 0.3) is 0 Å². The molecule has 1 aliphatic rings. The maximum atomic E-state index is 11.3. The highest BCUT2D eigenvalue weighted by Crippen LogP contribution is 2.32. The predicted octanol–water partition coefficient (Wildman–Crippen LogP) is 0.398. The van der Waals surface area contributed by atoms with Gasteiger partial charge in [-0.2, -0.15) is 0 Å². The molecule has 2 rings (SSSR count). The van der Waals surface area contributed by atoms with Crippen LogP contribution in [0.5, 0.6) is 5.75 Å². The number of fused-ring (bicyclic) bond motifs is 1. The van der Waals surface area contributed by atoms with Gasteiger partial charge in [0.05, 0.1) is 11.8 Å². The van der Waals surface area contributed by atoms with E-state index in [0.29, 0.717) is 17.0 Å². The molecule has 16 heavy (non-hydrogen) atoms. The van der Waals surface area contributed by atoms with E-state index in [4.69, 9.17) is 10.5 Å². The zero-order valence-electron chi connectivity index (χ0n) is 8.93. The van der Waals surface area contributed by atoms with Crippen molar-refractivity contribution in [3.05, 3.63) is 23.8 Å². The largest absolute Gasteiger partial charge is 0.479 e. The summed E-state index contributed by atoms with van der Waals surface area (Å²) in [4.78, 5) is 11.3. The third kappa shape index (κ3) is 1.87. The van der Waals surface area contributed by atoms with Crippen LogP contribution in [0, 0.1) is 0 Å². The van der Waals surface area contributed by atoms with Gasteiger partial charge < -0.3 is 20.9 Å². The smallest absolute Gasteiger partial charge is 0.265 e. The van der Waals surface area contributed by atoms with Gasteiger partial charge in [0.15, 0.2) is 6.10 Å². The Morgan fingerprint density at radius 2 is 2.38 bits per heavy atom. The van der Waals surface area contributed by atoms with Gasteiger partial charge in [-0.05, 0) is 24.6 Å². The maximum Gasteiger partial charge on any atom is 0.265 e. The van der Waals surface area contributed by atoms with Crippen LogP contribution in [-0.4, -0.2) is 23.7 Å². The zero-order chi connectivity index (χ0) is 11.7. The lowest BCUT2D eigenvalue weighted by atomic mass is 10.1. The topological polar surface area (TPSA) is 84.6 Å². The van der Waals surface area contributed by atoms with Gasteiger partial charge in [-0.3, -0.25) is 4.79 Å². The molecule has 5 nitrogen and oxygen atoms in total. The minimum atomic E-state index is -0.707. The third-order valence-electron chi connectivity index (χ3n) is 2.54. The molecule has 4 N–H and O–H groups in total. The summed E-state index contributed by atoms with van der Waals surface area (Å²) in [5.41, 5.74) is 6.68. The lowest BCUT2D eigenvalue weighted by molar-refractivity contribution is -0.122. The molecule has 1 heterocycles. The summed E-state index contributed by atoms with van der Waals surface area (Å²) in [6.45, 7) is 1.82. The first-order valence-electron chi connectivity index (χ1n) is 5.11. The van der Waals surface area contributed by atoms with Gasteiger partial charge in [-0.15, -0.1) is 0 Å². The minimum absolute atomic E-state index is 0.153. The van der Waals surface area contributed by atoms with E-state index in [-0.39, 0.29) is 12.5 Å². The SMILES string of the molecule is CC1Oc2cc(C(O)CN)ccc2NC1=O. The van der Waals surface area contributed by atoms with Crippen molar-refractivity contribution >= 4 is 11.6 Å². The number of carbonyl (C=O) groups excluding carboxylic acids is 1. The molecule has 1 aromatic rings. The number of carbonyl (C=O) groups is 1. The molecule has 86 valence electrons. The van der Waals surface area contributed by atoms with Gasteiger partial charge in [0.25, 0.3) is 5.91 Å². The average molecular weight is 222 g/mol. The number of nitrogens with one attached hydrogen (secondary N) is 1. The Labute approximate surface area is 93.2 Å². The normalized spacial score (nSPS) is 20.7. The number of aliphatic hydroxyl groups excluding tert-OH is 1. The Morgan fingerprint density at radius 3 is 3.06 bits per heavy atom. The second kappa shape index (κ2) is 4.11. The standard InChI is InChI=1S/C11H14N2O3/c1-6-11(15)13-8-3-2-7(9(14)5-12)4-10(8)16-6/h2-4,6,9,14H,5,12H2,1H3,(H,13,15). The highest BCUT2D eigenvalue weighted by molar-refractivity contribution is 5.97. The molecule has 5 heteroatoms. The molecular formula is C11H14N2O3. The molecule has 0 spiro atoms. The fourth-order valence-corrected chi connectivity index (χ4v) is 1.56. The molecule has 0 saturated carbocycles. The Kier molecular flexibility index (Phi) is 2.80. The summed E-state index contributed by atoms with van der Waals surface area (Å²) in [5, 5.41) is 12.3. The second-order valence-corrected chi connectivity index (χ2v) is 3.76. The number of anilines is 1. The van der Waals surface area contributed by atoms with Crippen LogP contribution in [0.3, 0.4) is 0 Å². The van der Waals surface area contributed by atoms with E-state index in [1.165, 1.54) is 0 Å². The van der Waals surface area contributed by atoms with Crippen LogP contribution >= 0.6 is 0 Å². The molecule has 1 aliphatic heterocycles. The van der Waals surface area contributed by atoms with E-state index < -0.39 is 12.2 Å². The van der Waals surface area contributed by atoms with Crippen molar-refractivity contribution in [1.29, 1.82) is 0 Å². The molecular weight excluding hydrogens is 208 g/mol. The van der Waals surface area contributed by atoms with Crippen LogP contribution in [-0.2, 0) is 4.79 Å². The summed E-state index contributed by atoms with van der Waals surface area (Å²) >= 11 is 0. The van der Waals surface area contributed by atoms with E-state index >= 15 is 0 Å². The summed E-state index contributed by atoms with van der Waals surface area (Å²) < 4.78 is 5.42. The highest BCUT2D eigenvalue weighted by Gasteiger charge is 2.24. The highest BCUT2D eigenvalue weighted by atomic mass is 16.5. The molecule has 0 bridgehead atoms. The van der Waals surface area contributed by atoms with Crippen molar-refractivity contribution in [3.8, 4) is 5.75 Å². The molecule has 1 aromatic carbocycles. The molecule has 0 fully saturated rings. The lowest BCUT2D eigenvalue weighted by Gasteiger charge is -2.24. The van der Waals surface area contributed by atoms with E-state index in [9.17, 15) is 9.90 Å². The van der Waals surface area contributed by atoms with E-state index in [2.05, 4.69) is 5.32 Å². The van der Waals surface area contributed by atoms with Crippen molar-refractivity contribution in [1.82, 2.24) is 0 Å². The molecule has 1 amide bonds. The van der Waals surface area contributed by atoms with E-state index in [0.717, 1.165) is 0 Å².